The molecule has 0 saturated carbocycles. The van der Waals surface area contributed by atoms with E-state index in [1.165, 1.54) is 30.4 Å². The van der Waals surface area contributed by atoms with Crippen molar-refractivity contribution in [3.8, 4) is 22.3 Å². The molecule has 0 radical (unpaired) electrons. The Balaban J connectivity index is 2.05. The van der Waals surface area contributed by atoms with Crippen LogP contribution in [-0.4, -0.2) is 0 Å². The van der Waals surface area contributed by atoms with Gasteiger partial charge in [-0.25, -0.2) is 0 Å². The van der Waals surface area contributed by atoms with E-state index in [9.17, 15) is 0 Å². The minimum Gasteiger partial charge on any atom is -0.0752 e. The second-order valence-electron chi connectivity index (χ2n) is 4.19. The average molecular weight is 248 g/mol. The Morgan fingerprint density at radius 2 is 0.944 bits per heavy atom. The molecular weight excluding hydrogens is 235 g/mol. The first-order chi connectivity index (χ1) is 8.93. The van der Waals surface area contributed by atoms with E-state index in [0.29, 0.717) is 0 Å². The third-order valence-corrected chi connectivity index (χ3v) is 3.81. The van der Waals surface area contributed by atoms with Crippen LogP contribution in [0.2, 0.25) is 0 Å². The van der Waals surface area contributed by atoms with Crippen LogP contribution in [0.15, 0.2) is 78.3 Å². The summed E-state index contributed by atoms with van der Waals surface area (Å²) in [5.41, 5.74) is 5.18. The Bertz CT molecular complexity index is 575. The smallest absolute Gasteiger partial charge is 0.0132 e. The summed E-state index contributed by atoms with van der Waals surface area (Å²) >= 11 is 0. The molecule has 0 aliphatic carbocycles. The molecule has 1 aromatic heterocycles. The van der Waals surface area contributed by atoms with Crippen LogP contribution in [0.4, 0.5) is 0 Å². The predicted octanol–water partition coefficient (Wildman–Crippen LogP) is 5.60. The van der Waals surface area contributed by atoms with E-state index in [-0.39, 0.29) is 0 Å². The van der Waals surface area contributed by atoms with Crippen LogP contribution >= 0.6 is 8.19 Å². The summed E-state index contributed by atoms with van der Waals surface area (Å²) in [6.45, 7) is 0. The van der Waals surface area contributed by atoms with Crippen molar-refractivity contribution in [3.05, 3.63) is 78.3 Å². The summed E-state index contributed by atoms with van der Waals surface area (Å²) in [4.78, 5) is 0. The fraction of sp³-hybridized carbons (Fsp3) is 0. The number of rotatable bonds is 2. The van der Waals surface area contributed by atoms with Gasteiger partial charge in [0, 0.05) is 0 Å². The van der Waals surface area contributed by atoms with Gasteiger partial charge in [-0.05, 0) is 39.9 Å². The van der Waals surface area contributed by atoms with Gasteiger partial charge in [-0.2, -0.15) is 0 Å². The quantitative estimate of drug-likeness (QED) is 0.553. The monoisotopic (exact) mass is 248 g/mol. The van der Waals surface area contributed by atoms with Crippen LogP contribution in [0.25, 0.3) is 22.3 Å². The van der Waals surface area contributed by atoms with Gasteiger partial charge < -0.3 is 0 Å². The molecule has 0 aliphatic heterocycles. The van der Waals surface area contributed by atoms with Crippen LogP contribution in [0.5, 0.6) is 0 Å². The molecular formula is C17H13P. The zero-order valence-electron chi connectivity index (χ0n) is 9.95. The molecule has 2 aromatic carbocycles. The van der Waals surface area contributed by atoms with Crippen LogP contribution in [0.1, 0.15) is 0 Å². The van der Waals surface area contributed by atoms with Gasteiger partial charge in [0.2, 0.25) is 0 Å². The Morgan fingerprint density at radius 3 is 1.39 bits per heavy atom. The first-order valence-corrected chi connectivity index (χ1v) is 7.03. The van der Waals surface area contributed by atoms with Crippen molar-refractivity contribution < 1.29 is 0 Å². The van der Waals surface area contributed by atoms with Crippen molar-refractivity contribution in [2.75, 3.05) is 0 Å². The molecule has 86 valence electrons. The summed E-state index contributed by atoms with van der Waals surface area (Å²) in [6, 6.07) is 23.3. The summed E-state index contributed by atoms with van der Waals surface area (Å²) in [7, 11) is 1.25. The van der Waals surface area contributed by atoms with Crippen molar-refractivity contribution in [2.24, 2.45) is 0 Å². The van der Waals surface area contributed by atoms with E-state index in [0.717, 1.165) is 0 Å². The lowest BCUT2D eigenvalue weighted by atomic mass is 10.0. The molecule has 0 nitrogen and oxygen atoms in total. The lowest BCUT2D eigenvalue weighted by Gasteiger charge is -2.05. The molecule has 0 aliphatic rings. The van der Waals surface area contributed by atoms with E-state index in [4.69, 9.17) is 0 Å². The average Bonchev–Trinajstić information content (AvgIpc) is 2.49. The van der Waals surface area contributed by atoms with Crippen LogP contribution < -0.4 is 0 Å². The van der Waals surface area contributed by atoms with Gasteiger partial charge >= 0.3 is 0 Å². The van der Waals surface area contributed by atoms with Gasteiger partial charge in [0.15, 0.2) is 0 Å². The first-order valence-electron chi connectivity index (χ1n) is 5.99. The highest BCUT2D eigenvalue weighted by Gasteiger charge is 2.00. The molecule has 0 saturated heterocycles. The fourth-order valence-corrected chi connectivity index (χ4v) is 2.86. The van der Waals surface area contributed by atoms with Crippen LogP contribution in [-0.2, 0) is 0 Å². The number of hydrogen-bond acceptors (Lipinski definition) is 0. The molecule has 1 heteroatoms. The van der Waals surface area contributed by atoms with Gasteiger partial charge in [0.1, 0.15) is 0 Å². The fourth-order valence-electron chi connectivity index (χ4n) is 2.02. The van der Waals surface area contributed by atoms with Crippen molar-refractivity contribution in [1.82, 2.24) is 0 Å². The molecule has 0 N–H and O–H groups in total. The summed E-state index contributed by atoms with van der Waals surface area (Å²) in [5, 5.41) is 0. The molecule has 0 amide bonds. The van der Waals surface area contributed by atoms with E-state index < -0.39 is 0 Å². The van der Waals surface area contributed by atoms with Crippen molar-refractivity contribution in [1.29, 1.82) is 0 Å². The molecule has 1 heterocycles. The van der Waals surface area contributed by atoms with Crippen molar-refractivity contribution in [2.45, 2.75) is 0 Å². The Morgan fingerprint density at radius 1 is 0.500 bits per heavy atom. The molecule has 0 unspecified atom stereocenters. The lowest BCUT2D eigenvalue weighted by molar-refractivity contribution is 1.63. The maximum absolute atomic E-state index is 2.27. The van der Waals surface area contributed by atoms with Crippen molar-refractivity contribution >= 4 is 8.19 Å². The van der Waals surface area contributed by atoms with E-state index in [1.807, 2.05) is 0 Å². The minimum absolute atomic E-state index is 1.25. The highest BCUT2D eigenvalue weighted by molar-refractivity contribution is 7.28. The second-order valence-corrected chi connectivity index (χ2v) is 5.01. The number of hydrogen-bond donors (Lipinski definition) is 0. The summed E-state index contributed by atoms with van der Waals surface area (Å²) < 4.78 is 0. The molecule has 0 spiro atoms. The van der Waals surface area contributed by atoms with Gasteiger partial charge in [-0.15, -0.1) is 0 Å². The largest absolute Gasteiger partial charge is 0.0752 e. The maximum Gasteiger partial charge on any atom is -0.0132 e. The zero-order chi connectivity index (χ0) is 12.2. The van der Waals surface area contributed by atoms with Crippen LogP contribution in [0.3, 0.4) is 0 Å². The molecule has 18 heavy (non-hydrogen) atoms. The minimum atomic E-state index is 1.25. The van der Waals surface area contributed by atoms with Crippen molar-refractivity contribution in [3.63, 3.8) is 0 Å². The van der Waals surface area contributed by atoms with Gasteiger partial charge in [-0.1, -0.05) is 68.9 Å². The molecule has 0 bridgehead atoms. The SMILES string of the molecule is c1ccc(-c2cpcc(-c3ccccc3)c2)cc1. The summed E-state index contributed by atoms with van der Waals surface area (Å²) in [5.74, 6) is 4.50. The Labute approximate surface area is 109 Å². The van der Waals surface area contributed by atoms with E-state index in [2.05, 4.69) is 78.3 Å². The summed E-state index contributed by atoms with van der Waals surface area (Å²) in [6.07, 6.45) is 0. The number of benzene rings is 2. The van der Waals surface area contributed by atoms with Gasteiger partial charge in [-0.3, -0.25) is 0 Å². The van der Waals surface area contributed by atoms with E-state index >= 15 is 0 Å². The Kier molecular flexibility index (Phi) is 3.21. The highest BCUT2D eigenvalue weighted by Crippen LogP contribution is 2.29. The Hall–Kier alpha value is -1.91. The third-order valence-electron chi connectivity index (χ3n) is 2.95. The molecule has 0 atom stereocenters. The van der Waals surface area contributed by atoms with Gasteiger partial charge in [0.25, 0.3) is 0 Å². The lowest BCUT2D eigenvalue weighted by Crippen LogP contribution is -1.78. The standard InChI is InChI=1S/C17H13P/c1-3-7-14(8-4-1)16-11-17(13-18-12-16)15-9-5-2-6-10-15/h1-13H. The molecule has 3 rings (SSSR count). The first kappa shape index (κ1) is 11.2. The predicted molar refractivity (Wildman–Crippen MR) is 79.8 cm³/mol. The van der Waals surface area contributed by atoms with Crippen LogP contribution in [0, 0.1) is 0 Å². The second kappa shape index (κ2) is 5.16. The molecule has 0 fully saturated rings. The molecule has 3 aromatic rings. The third kappa shape index (κ3) is 2.34. The maximum atomic E-state index is 2.27. The topological polar surface area (TPSA) is 0 Å². The van der Waals surface area contributed by atoms with E-state index in [1.54, 1.807) is 0 Å². The zero-order valence-corrected chi connectivity index (χ0v) is 10.8. The van der Waals surface area contributed by atoms with Gasteiger partial charge in [0.05, 0.1) is 0 Å². The highest BCUT2D eigenvalue weighted by atomic mass is 31.0. The normalized spacial score (nSPS) is 10.2.